The Bertz CT molecular complexity index is 316. The van der Waals surface area contributed by atoms with Gasteiger partial charge in [0.15, 0.2) is 0 Å². The molecule has 0 aromatic heterocycles. The van der Waals surface area contributed by atoms with Gasteiger partial charge in [-0.3, -0.25) is 0 Å². The predicted octanol–water partition coefficient (Wildman–Crippen LogP) is 9.69. The summed E-state index contributed by atoms with van der Waals surface area (Å²) in [6.07, 6.45) is 37.3. The van der Waals surface area contributed by atoms with Crippen LogP contribution in [0.4, 0.5) is 0 Å². The first-order chi connectivity index (χ1) is 14.9. The van der Waals surface area contributed by atoms with Crippen molar-refractivity contribution in [1.82, 2.24) is 5.48 Å². The Morgan fingerprint density at radius 2 is 0.800 bits per heavy atom. The molecule has 0 unspecified atom stereocenters. The number of hydrogen-bond acceptors (Lipinski definition) is 2. The molecule has 0 atom stereocenters. The smallest absolute Gasteiger partial charge is 0.0572 e. The fourth-order valence-electron chi connectivity index (χ4n) is 4.14. The van der Waals surface area contributed by atoms with E-state index in [2.05, 4.69) is 24.6 Å². The maximum Gasteiger partial charge on any atom is 0.0572 e. The second kappa shape index (κ2) is 28.7. The Balaban J connectivity index is 3.04. The monoisotopic (exact) mass is 423 g/mol. The first kappa shape index (κ1) is 29.7. The van der Waals surface area contributed by atoms with Crippen molar-refractivity contribution < 1.29 is 4.84 Å². The van der Waals surface area contributed by atoms with E-state index in [1.807, 2.05) is 0 Å². The van der Waals surface area contributed by atoms with E-state index in [1.54, 1.807) is 7.11 Å². The second-order valence-electron chi connectivity index (χ2n) is 9.22. The van der Waals surface area contributed by atoms with Gasteiger partial charge in [-0.05, 0) is 32.1 Å². The number of hydroxylamine groups is 1. The van der Waals surface area contributed by atoms with Crippen LogP contribution < -0.4 is 5.48 Å². The van der Waals surface area contributed by atoms with Crippen molar-refractivity contribution in [3.05, 3.63) is 12.2 Å². The lowest BCUT2D eigenvalue weighted by molar-refractivity contribution is 0.0904. The van der Waals surface area contributed by atoms with E-state index < -0.39 is 0 Å². The molecule has 0 spiro atoms. The molecule has 0 aliphatic rings. The van der Waals surface area contributed by atoms with Crippen molar-refractivity contribution in [2.45, 2.75) is 155 Å². The first-order valence-electron chi connectivity index (χ1n) is 13.8. The van der Waals surface area contributed by atoms with Gasteiger partial charge in [0.1, 0.15) is 0 Å². The summed E-state index contributed by atoms with van der Waals surface area (Å²) in [6, 6.07) is 0. The molecule has 2 nitrogen and oxygen atoms in total. The molecule has 0 rings (SSSR count). The molecule has 0 fully saturated rings. The van der Waals surface area contributed by atoms with Crippen molar-refractivity contribution in [2.75, 3.05) is 13.7 Å². The molecule has 0 amide bonds. The molecule has 0 radical (unpaired) electrons. The van der Waals surface area contributed by atoms with Gasteiger partial charge in [-0.15, -0.1) is 0 Å². The molecular weight excluding hydrogens is 366 g/mol. The molecule has 0 heterocycles. The molecule has 0 saturated carbocycles. The van der Waals surface area contributed by atoms with Gasteiger partial charge in [0, 0.05) is 6.54 Å². The second-order valence-corrected chi connectivity index (χ2v) is 9.22. The van der Waals surface area contributed by atoms with Crippen molar-refractivity contribution in [3.63, 3.8) is 0 Å². The van der Waals surface area contributed by atoms with Gasteiger partial charge < -0.3 is 4.84 Å². The number of allylic oxidation sites excluding steroid dienone is 2. The third-order valence-corrected chi connectivity index (χ3v) is 6.18. The van der Waals surface area contributed by atoms with Gasteiger partial charge in [-0.1, -0.05) is 135 Å². The number of rotatable bonds is 26. The maximum atomic E-state index is 4.84. The topological polar surface area (TPSA) is 21.3 Å². The van der Waals surface area contributed by atoms with Gasteiger partial charge in [0.2, 0.25) is 0 Å². The largest absolute Gasteiger partial charge is 0.305 e. The number of hydrogen-bond donors (Lipinski definition) is 1. The van der Waals surface area contributed by atoms with Crippen molar-refractivity contribution in [2.24, 2.45) is 0 Å². The van der Waals surface area contributed by atoms with E-state index in [0.29, 0.717) is 0 Å². The molecule has 180 valence electrons. The lowest BCUT2D eigenvalue weighted by Crippen LogP contribution is -2.12. The summed E-state index contributed by atoms with van der Waals surface area (Å²) in [6.45, 7) is 3.28. The van der Waals surface area contributed by atoms with Crippen LogP contribution >= 0.6 is 0 Å². The number of nitrogens with one attached hydrogen (secondary N) is 1. The minimum Gasteiger partial charge on any atom is -0.305 e. The van der Waals surface area contributed by atoms with Crippen LogP contribution in [0, 0.1) is 0 Å². The summed E-state index contributed by atoms with van der Waals surface area (Å²) in [5.74, 6) is 0. The molecular formula is C28H57NO. The Kier molecular flexibility index (Phi) is 28.3. The van der Waals surface area contributed by atoms with Crippen molar-refractivity contribution >= 4 is 0 Å². The van der Waals surface area contributed by atoms with E-state index in [-0.39, 0.29) is 0 Å². The van der Waals surface area contributed by atoms with Crippen LogP contribution in [0.2, 0.25) is 0 Å². The van der Waals surface area contributed by atoms with Crippen LogP contribution in [0.15, 0.2) is 12.2 Å². The Labute approximate surface area is 191 Å². The highest BCUT2D eigenvalue weighted by Gasteiger charge is 1.95. The Morgan fingerprint density at radius 1 is 0.467 bits per heavy atom. The average Bonchev–Trinajstić information content (AvgIpc) is 2.76. The first-order valence-corrected chi connectivity index (χ1v) is 13.8. The summed E-state index contributed by atoms with van der Waals surface area (Å²) >= 11 is 0. The Hall–Kier alpha value is -0.340. The molecule has 0 aliphatic carbocycles. The van der Waals surface area contributed by atoms with Crippen molar-refractivity contribution in [1.29, 1.82) is 0 Å². The van der Waals surface area contributed by atoms with Crippen LogP contribution in [0.5, 0.6) is 0 Å². The molecule has 2 heteroatoms. The normalized spacial score (nSPS) is 11.7. The summed E-state index contributed by atoms with van der Waals surface area (Å²) in [5.41, 5.74) is 2.91. The summed E-state index contributed by atoms with van der Waals surface area (Å²) < 4.78 is 0. The van der Waals surface area contributed by atoms with E-state index in [1.165, 1.54) is 148 Å². The van der Waals surface area contributed by atoms with Gasteiger partial charge >= 0.3 is 0 Å². The van der Waals surface area contributed by atoms with Gasteiger partial charge in [0.25, 0.3) is 0 Å². The average molecular weight is 424 g/mol. The molecule has 1 N–H and O–H groups in total. The van der Waals surface area contributed by atoms with E-state index in [0.717, 1.165) is 6.54 Å². The standard InChI is InChI=1S/C28H57NO/c1-3-4-5-6-7-8-9-10-11-12-13-14-15-16-17-18-19-20-21-22-23-24-25-26-27-28-29-30-2/h10-11,29H,3-9,12-28H2,1-2H3/b11-10-. The Morgan fingerprint density at radius 3 is 1.17 bits per heavy atom. The molecule has 0 aliphatic heterocycles. The van der Waals surface area contributed by atoms with Crippen LogP contribution in [0.3, 0.4) is 0 Å². The van der Waals surface area contributed by atoms with Gasteiger partial charge in [-0.25, -0.2) is 5.48 Å². The lowest BCUT2D eigenvalue weighted by atomic mass is 10.0. The molecule has 0 bridgehead atoms. The fraction of sp³-hybridized carbons (Fsp3) is 0.929. The highest BCUT2D eigenvalue weighted by molar-refractivity contribution is 4.81. The zero-order valence-electron chi connectivity index (χ0n) is 21.0. The maximum absolute atomic E-state index is 4.84. The van der Waals surface area contributed by atoms with Gasteiger partial charge in [-0.2, -0.15) is 0 Å². The van der Waals surface area contributed by atoms with Crippen molar-refractivity contribution in [3.8, 4) is 0 Å². The zero-order valence-corrected chi connectivity index (χ0v) is 21.0. The molecule has 30 heavy (non-hydrogen) atoms. The minimum atomic E-state index is 0.993. The highest BCUT2D eigenvalue weighted by atomic mass is 16.6. The quantitative estimate of drug-likeness (QED) is 0.0849. The van der Waals surface area contributed by atoms with Gasteiger partial charge in [0.05, 0.1) is 7.11 Å². The van der Waals surface area contributed by atoms with Crippen LogP contribution in [0.25, 0.3) is 0 Å². The zero-order chi connectivity index (χ0) is 21.8. The van der Waals surface area contributed by atoms with Crippen LogP contribution in [-0.2, 0) is 4.84 Å². The molecule has 0 aromatic carbocycles. The lowest BCUT2D eigenvalue weighted by Gasteiger charge is -2.04. The summed E-state index contributed by atoms with van der Waals surface area (Å²) in [5, 5.41) is 0. The van der Waals surface area contributed by atoms with Crippen LogP contribution in [-0.4, -0.2) is 13.7 Å². The van der Waals surface area contributed by atoms with E-state index >= 15 is 0 Å². The SMILES string of the molecule is CCCCCCCC/C=C\CCCCCCCCCCCCCCCCCNOC. The third-order valence-electron chi connectivity index (χ3n) is 6.18. The summed E-state index contributed by atoms with van der Waals surface area (Å²) in [7, 11) is 1.69. The molecule has 0 saturated heterocycles. The highest BCUT2D eigenvalue weighted by Crippen LogP contribution is 2.14. The van der Waals surface area contributed by atoms with E-state index in [4.69, 9.17) is 4.84 Å². The minimum absolute atomic E-state index is 0.993. The predicted molar refractivity (Wildman–Crippen MR) is 136 cm³/mol. The number of unbranched alkanes of at least 4 members (excludes halogenated alkanes) is 21. The third kappa shape index (κ3) is 27.7. The fourth-order valence-corrected chi connectivity index (χ4v) is 4.14. The molecule has 0 aromatic rings. The van der Waals surface area contributed by atoms with E-state index in [9.17, 15) is 0 Å². The summed E-state index contributed by atoms with van der Waals surface area (Å²) in [4.78, 5) is 4.84. The van der Waals surface area contributed by atoms with Crippen LogP contribution in [0.1, 0.15) is 155 Å².